The molecular weight excluding hydrogens is 384 g/mol. The summed E-state index contributed by atoms with van der Waals surface area (Å²) in [4.78, 5) is 1.15. The van der Waals surface area contributed by atoms with Crippen LogP contribution in [0.1, 0.15) is 69.8 Å². The molecule has 3 N–H and O–H groups in total. The van der Waals surface area contributed by atoms with Crippen LogP contribution >= 0.6 is 23.8 Å². The van der Waals surface area contributed by atoms with Crippen LogP contribution in [0.25, 0.3) is 0 Å². The molecule has 1 aromatic carbocycles. The average Bonchev–Trinajstić information content (AvgIpc) is 2.69. The highest BCUT2D eigenvalue weighted by Gasteiger charge is 2.64. The fraction of sp³-hybridized carbons (Fsp3) is 0.708. The predicted molar refractivity (Wildman–Crippen MR) is 121 cm³/mol. The van der Waals surface area contributed by atoms with Crippen molar-refractivity contribution in [1.82, 2.24) is 5.32 Å². The smallest absolute Gasteiger partial charge is 0.0818 e. The van der Waals surface area contributed by atoms with Gasteiger partial charge in [-0.05, 0) is 86.5 Å². The SMILES string of the molecule is NC1CCC(NC(=S)C23C[C@@H]4CC(CCl)(C2)CC(c2ccccc2)(C4)C3)CC1. The third kappa shape index (κ3) is 3.13. The van der Waals surface area contributed by atoms with Crippen LogP contribution < -0.4 is 11.1 Å². The van der Waals surface area contributed by atoms with E-state index >= 15 is 0 Å². The van der Waals surface area contributed by atoms with E-state index in [4.69, 9.17) is 29.6 Å². The molecule has 152 valence electrons. The van der Waals surface area contributed by atoms with E-state index in [1.54, 1.807) is 0 Å². The first-order valence-corrected chi connectivity index (χ1v) is 12.1. The zero-order chi connectivity index (χ0) is 19.4. The Labute approximate surface area is 180 Å². The molecule has 0 spiro atoms. The van der Waals surface area contributed by atoms with Gasteiger partial charge in [0.1, 0.15) is 0 Å². The molecule has 2 nitrogen and oxygen atoms in total. The van der Waals surface area contributed by atoms with Crippen LogP contribution in [0.3, 0.4) is 0 Å². The Hall–Kier alpha value is -0.640. The Kier molecular flexibility index (Phi) is 4.80. The van der Waals surface area contributed by atoms with E-state index in [-0.39, 0.29) is 16.2 Å². The first-order valence-electron chi connectivity index (χ1n) is 11.1. The predicted octanol–water partition coefficient (Wildman–Crippen LogP) is 5.32. The molecule has 4 atom stereocenters. The number of nitrogens with one attached hydrogen (secondary N) is 1. The van der Waals surface area contributed by atoms with Gasteiger partial charge in [0.25, 0.3) is 0 Å². The van der Waals surface area contributed by atoms with Crippen LogP contribution in [0.5, 0.6) is 0 Å². The van der Waals surface area contributed by atoms with Gasteiger partial charge in [-0.15, -0.1) is 11.6 Å². The van der Waals surface area contributed by atoms with Crippen LogP contribution in [0.2, 0.25) is 0 Å². The largest absolute Gasteiger partial charge is 0.376 e. The van der Waals surface area contributed by atoms with Gasteiger partial charge in [-0.2, -0.15) is 0 Å². The minimum Gasteiger partial charge on any atom is -0.376 e. The molecule has 0 aliphatic heterocycles. The Morgan fingerprint density at radius 1 is 1.04 bits per heavy atom. The van der Waals surface area contributed by atoms with E-state index in [0.29, 0.717) is 12.1 Å². The zero-order valence-corrected chi connectivity index (χ0v) is 18.3. The molecule has 4 bridgehead atoms. The van der Waals surface area contributed by atoms with Crippen molar-refractivity contribution in [3.63, 3.8) is 0 Å². The lowest BCUT2D eigenvalue weighted by Crippen LogP contribution is -2.63. The minimum atomic E-state index is 0.138. The summed E-state index contributed by atoms with van der Waals surface area (Å²) >= 11 is 12.8. The third-order valence-electron chi connectivity index (χ3n) is 8.44. The van der Waals surface area contributed by atoms with Gasteiger partial charge in [-0.1, -0.05) is 42.5 Å². The maximum Gasteiger partial charge on any atom is 0.0818 e. The van der Waals surface area contributed by atoms with E-state index in [9.17, 15) is 0 Å². The highest BCUT2D eigenvalue weighted by atomic mass is 35.5. The first-order chi connectivity index (χ1) is 13.5. The van der Waals surface area contributed by atoms with Crippen LogP contribution in [0, 0.1) is 16.7 Å². The molecule has 0 radical (unpaired) electrons. The summed E-state index contributed by atoms with van der Waals surface area (Å²) in [6, 6.07) is 12.1. The lowest BCUT2D eigenvalue weighted by molar-refractivity contribution is -0.0855. The van der Waals surface area contributed by atoms with E-state index in [2.05, 4.69) is 35.6 Å². The number of alkyl halides is 1. The molecular formula is C24H33ClN2S. The van der Waals surface area contributed by atoms with Crippen LogP contribution in [0.4, 0.5) is 0 Å². The van der Waals surface area contributed by atoms with Gasteiger partial charge in [0.15, 0.2) is 0 Å². The summed E-state index contributed by atoms with van der Waals surface area (Å²) in [5, 5.41) is 3.84. The molecule has 1 aromatic rings. The summed E-state index contributed by atoms with van der Waals surface area (Å²) in [7, 11) is 0. The van der Waals surface area contributed by atoms with Crippen molar-refractivity contribution in [3.05, 3.63) is 35.9 Å². The number of hydrogen-bond acceptors (Lipinski definition) is 2. The first kappa shape index (κ1) is 19.3. The number of rotatable bonds is 4. The van der Waals surface area contributed by atoms with E-state index < -0.39 is 0 Å². The molecule has 0 heterocycles. The molecule has 5 fully saturated rings. The van der Waals surface area contributed by atoms with E-state index in [1.807, 2.05) is 0 Å². The van der Waals surface area contributed by atoms with E-state index in [1.165, 1.54) is 44.1 Å². The fourth-order valence-corrected chi connectivity index (χ4v) is 8.45. The van der Waals surface area contributed by atoms with Gasteiger partial charge in [-0.3, -0.25) is 0 Å². The maximum absolute atomic E-state index is 6.67. The zero-order valence-electron chi connectivity index (χ0n) is 16.8. The van der Waals surface area contributed by atoms with Gasteiger partial charge < -0.3 is 11.1 Å². The lowest BCUT2D eigenvalue weighted by atomic mass is 9.38. The quantitative estimate of drug-likeness (QED) is 0.515. The highest BCUT2D eigenvalue weighted by molar-refractivity contribution is 7.80. The van der Waals surface area contributed by atoms with Crippen LogP contribution in [-0.4, -0.2) is 23.0 Å². The summed E-state index contributed by atoms with van der Waals surface area (Å²) in [5.41, 5.74) is 8.29. The normalized spacial score (nSPS) is 44.4. The Morgan fingerprint density at radius 2 is 1.79 bits per heavy atom. The number of halogens is 1. The molecule has 0 aromatic heterocycles. The Balaban J connectivity index is 1.45. The summed E-state index contributed by atoms with van der Waals surface area (Å²) in [6.07, 6.45) is 12.1. The number of thiocarbonyl (C=S) groups is 1. The molecule has 6 rings (SSSR count). The maximum atomic E-state index is 6.67. The second-order valence-corrected chi connectivity index (χ2v) is 11.3. The molecule has 5 aliphatic carbocycles. The molecule has 3 unspecified atom stereocenters. The average molecular weight is 417 g/mol. The molecule has 5 saturated carbocycles. The molecule has 5 aliphatic rings. The van der Waals surface area contributed by atoms with Crippen LogP contribution in [-0.2, 0) is 5.41 Å². The second-order valence-electron chi connectivity index (χ2n) is 10.7. The van der Waals surface area contributed by atoms with Crippen LogP contribution in [0.15, 0.2) is 30.3 Å². The summed E-state index contributed by atoms with van der Waals surface area (Å²) < 4.78 is 0. The van der Waals surface area contributed by atoms with Crippen molar-refractivity contribution in [3.8, 4) is 0 Å². The van der Waals surface area contributed by atoms with Gasteiger partial charge in [-0.25, -0.2) is 0 Å². The molecule has 4 heteroatoms. The van der Waals surface area contributed by atoms with Gasteiger partial charge in [0, 0.05) is 23.4 Å². The van der Waals surface area contributed by atoms with Crippen molar-refractivity contribution in [2.75, 3.05) is 5.88 Å². The summed E-state index contributed by atoms with van der Waals surface area (Å²) in [6.45, 7) is 0. The standard InChI is InChI=1S/C24H33ClN2S/c25-16-22-10-17-11-23(13-22,18-4-2-1-3-5-18)15-24(12-17,14-22)21(28)27-20-8-6-19(26)7-9-20/h1-5,17,19-20H,6-16,26H2,(H,27,28)/t17-,19?,20?,22?,23?,24?/m1/s1. The Bertz CT molecular complexity index is 746. The van der Waals surface area contributed by atoms with Crippen molar-refractivity contribution in [1.29, 1.82) is 0 Å². The van der Waals surface area contributed by atoms with Crippen molar-refractivity contribution < 1.29 is 0 Å². The number of nitrogens with two attached hydrogens (primary N) is 1. The van der Waals surface area contributed by atoms with Crippen molar-refractivity contribution in [2.45, 2.75) is 81.7 Å². The number of benzene rings is 1. The molecule has 28 heavy (non-hydrogen) atoms. The fourth-order valence-electron chi connectivity index (χ4n) is 7.76. The van der Waals surface area contributed by atoms with Crippen molar-refractivity contribution >= 4 is 28.8 Å². The monoisotopic (exact) mass is 416 g/mol. The molecule has 0 saturated heterocycles. The van der Waals surface area contributed by atoms with E-state index in [0.717, 1.165) is 42.5 Å². The third-order valence-corrected chi connectivity index (χ3v) is 9.56. The second kappa shape index (κ2) is 6.96. The topological polar surface area (TPSA) is 38.0 Å². The van der Waals surface area contributed by atoms with Gasteiger partial charge in [0.05, 0.1) is 4.99 Å². The molecule has 0 amide bonds. The number of hydrogen-bond donors (Lipinski definition) is 2. The Morgan fingerprint density at radius 3 is 2.50 bits per heavy atom. The summed E-state index contributed by atoms with van der Waals surface area (Å²) in [5.74, 6) is 1.54. The minimum absolute atomic E-state index is 0.138. The van der Waals surface area contributed by atoms with Gasteiger partial charge in [0.2, 0.25) is 0 Å². The van der Waals surface area contributed by atoms with Gasteiger partial charge >= 0.3 is 0 Å². The highest BCUT2D eigenvalue weighted by Crippen LogP contribution is 2.70. The van der Waals surface area contributed by atoms with Crippen molar-refractivity contribution in [2.24, 2.45) is 22.5 Å². The lowest BCUT2D eigenvalue weighted by Gasteiger charge is -2.67.